The van der Waals surface area contributed by atoms with Crippen molar-refractivity contribution in [2.75, 3.05) is 6.54 Å². The van der Waals surface area contributed by atoms with E-state index in [1.165, 1.54) is 0 Å². The van der Waals surface area contributed by atoms with Gasteiger partial charge in [-0.25, -0.2) is 9.78 Å². The van der Waals surface area contributed by atoms with Crippen LogP contribution >= 0.6 is 0 Å². The van der Waals surface area contributed by atoms with Gasteiger partial charge in [0.15, 0.2) is 0 Å². The third-order valence-electron chi connectivity index (χ3n) is 3.26. The second-order valence-corrected chi connectivity index (χ2v) is 6.01. The molecule has 1 aliphatic heterocycles. The molecule has 3 heterocycles. The van der Waals surface area contributed by atoms with Crippen LogP contribution in [0, 0.1) is 0 Å². The summed E-state index contributed by atoms with van der Waals surface area (Å²) in [6.07, 6.45) is 2.13. The number of ether oxygens (including phenoxy) is 1. The Kier molecular flexibility index (Phi) is 2.92. The molecule has 0 saturated carbocycles. The minimum atomic E-state index is -0.475. The van der Waals surface area contributed by atoms with Gasteiger partial charge >= 0.3 is 6.09 Å². The lowest BCUT2D eigenvalue weighted by molar-refractivity contribution is 0.0220. The quantitative estimate of drug-likeness (QED) is 0.740. The third kappa shape index (κ3) is 2.35. The summed E-state index contributed by atoms with van der Waals surface area (Å²) in [6.45, 7) is 6.75. The van der Waals surface area contributed by atoms with Crippen molar-refractivity contribution in [3.63, 3.8) is 0 Å². The Morgan fingerprint density at radius 3 is 3.00 bits per heavy atom. The molecule has 0 bridgehead atoms. The van der Waals surface area contributed by atoms with E-state index in [0.29, 0.717) is 25.2 Å². The van der Waals surface area contributed by atoms with E-state index in [2.05, 4.69) is 4.98 Å². The Balaban J connectivity index is 1.86. The average Bonchev–Trinajstić information content (AvgIpc) is 2.74. The van der Waals surface area contributed by atoms with Crippen LogP contribution in [0.5, 0.6) is 0 Å². The smallest absolute Gasteiger partial charge is 0.410 e. The first-order valence-corrected chi connectivity index (χ1v) is 6.77. The van der Waals surface area contributed by atoms with Crippen LogP contribution < -0.4 is 0 Å². The minimum Gasteiger partial charge on any atom is -0.444 e. The van der Waals surface area contributed by atoms with Crippen LogP contribution in [0.1, 0.15) is 32.1 Å². The number of pyridine rings is 1. The Bertz CT molecular complexity index is 655. The standard InChI is InChI=1S/C15H18N2O3/c1-15(2,3)20-14(18)17-8-6-12-11(9-17)10-5-4-7-16-13(10)19-12/h4-5,7H,6,8-9H2,1-3H3. The fourth-order valence-corrected chi connectivity index (χ4v) is 2.39. The molecule has 0 spiro atoms. The Hall–Kier alpha value is -2.04. The van der Waals surface area contributed by atoms with Gasteiger partial charge in [0, 0.05) is 30.1 Å². The zero-order valence-corrected chi connectivity index (χ0v) is 12.0. The van der Waals surface area contributed by atoms with E-state index >= 15 is 0 Å². The van der Waals surface area contributed by atoms with Gasteiger partial charge in [-0.2, -0.15) is 0 Å². The Morgan fingerprint density at radius 2 is 2.25 bits per heavy atom. The van der Waals surface area contributed by atoms with Crippen LogP contribution in [0.2, 0.25) is 0 Å². The van der Waals surface area contributed by atoms with Gasteiger partial charge in [-0.3, -0.25) is 0 Å². The lowest BCUT2D eigenvalue weighted by Gasteiger charge is -2.29. The van der Waals surface area contributed by atoms with Gasteiger partial charge in [0.2, 0.25) is 5.71 Å². The van der Waals surface area contributed by atoms with E-state index in [-0.39, 0.29) is 6.09 Å². The van der Waals surface area contributed by atoms with Crippen molar-refractivity contribution >= 4 is 17.2 Å². The summed E-state index contributed by atoms with van der Waals surface area (Å²) in [7, 11) is 0. The van der Waals surface area contributed by atoms with Gasteiger partial charge < -0.3 is 14.1 Å². The number of fused-ring (bicyclic) bond motifs is 3. The molecular formula is C15H18N2O3. The SMILES string of the molecule is CC(C)(C)OC(=O)N1CCc2oc3ncccc3c2C1. The monoisotopic (exact) mass is 274 g/mol. The normalized spacial score (nSPS) is 15.2. The molecule has 20 heavy (non-hydrogen) atoms. The molecule has 2 aromatic heterocycles. The van der Waals surface area contributed by atoms with E-state index < -0.39 is 5.60 Å². The fourth-order valence-electron chi connectivity index (χ4n) is 2.39. The maximum atomic E-state index is 12.1. The molecule has 0 aromatic carbocycles. The predicted molar refractivity (Wildman–Crippen MR) is 74.4 cm³/mol. The molecule has 5 nitrogen and oxygen atoms in total. The average molecular weight is 274 g/mol. The summed E-state index contributed by atoms with van der Waals surface area (Å²) in [5, 5.41) is 0.982. The third-order valence-corrected chi connectivity index (χ3v) is 3.26. The second kappa shape index (κ2) is 4.51. The largest absolute Gasteiger partial charge is 0.444 e. The predicted octanol–water partition coefficient (Wildman–Crippen LogP) is 3.12. The van der Waals surface area contributed by atoms with Crippen molar-refractivity contribution in [1.29, 1.82) is 0 Å². The van der Waals surface area contributed by atoms with Crippen LogP contribution in [0.4, 0.5) is 4.79 Å². The molecule has 0 unspecified atom stereocenters. The number of aromatic nitrogens is 1. The highest BCUT2D eigenvalue weighted by Gasteiger charge is 2.28. The maximum absolute atomic E-state index is 12.1. The summed E-state index contributed by atoms with van der Waals surface area (Å²) in [4.78, 5) is 18.1. The van der Waals surface area contributed by atoms with Crippen molar-refractivity contribution in [2.24, 2.45) is 0 Å². The van der Waals surface area contributed by atoms with E-state index in [4.69, 9.17) is 9.15 Å². The number of hydrogen-bond donors (Lipinski definition) is 0. The highest BCUT2D eigenvalue weighted by molar-refractivity contribution is 5.80. The van der Waals surface area contributed by atoms with Crippen LogP contribution in [-0.4, -0.2) is 28.1 Å². The van der Waals surface area contributed by atoms with Crippen LogP contribution in [0.25, 0.3) is 11.1 Å². The lowest BCUT2D eigenvalue weighted by Crippen LogP contribution is -2.39. The van der Waals surface area contributed by atoms with Crippen LogP contribution in [-0.2, 0) is 17.7 Å². The molecule has 5 heteroatoms. The van der Waals surface area contributed by atoms with Crippen molar-refractivity contribution in [2.45, 2.75) is 39.3 Å². The van der Waals surface area contributed by atoms with Gasteiger partial charge in [-0.1, -0.05) is 0 Å². The number of amides is 1. The molecular weight excluding hydrogens is 256 g/mol. The molecule has 2 aromatic rings. The van der Waals surface area contributed by atoms with Crippen LogP contribution in [0.15, 0.2) is 22.7 Å². The van der Waals surface area contributed by atoms with Gasteiger partial charge in [-0.15, -0.1) is 0 Å². The van der Waals surface area contributed by atoms with Crippen molar-refractivity contribution in [1.82, 2.24) is 9.88 Å². The topological polar surface area (TPSA) is 55.6 Å². The zero-order chi connectivity index (χ0) is 14.3. The van der Waals surface area contributed by atoms with Crippen molar-refractivity contribution in [3.05, 3.63) is 29.7 Å². The molecule has 0 fully saturated rings. The summed E-state index contributed by atoms with van der Waals surface area (Å²) < 4.78 is 11.2. The molecule has 0 saturated heterocycles. The van der Waals surface area contributed by atoms with Gasteiger partial charge in [-0.05, 0) is 32.9 Å². The number of furan rings is 1. The molecule has 0 radical (unpaired) electrons. The minimum absolute atomic E-state index is 0.276. The summed E-state index contributed by atoms with van der Waals surface area (Å²) in [5.74, 6) is 0.929. The molecule has 1 amide bonds. The number of nitrogens with zero attached hydrogens (tertiary/aromatic N) is 2. The number of rotatable bonds is 0. The first-order chi connectivity index (χ1) is 9.44. The lowest BCUT2D eigenvalue weighted by atomic mass is 10.1. The van der Waals surface area contributed by atoms with Gasteiger partial charge in [0.25, 0.3) is 0 Å². The molecule has 0 atom stereocenters. The van der Waals surface area contributed by atoms with Gasteiger partial charge in [0.05, 0.1) is 6.54 Å². The summed E-state index contributed by atoms with van der Waals surface area (Å²) >= 11 is 0. The molecule has 3 rings (SSSR count). The highest BCUT2D eigenvalue weighted by atomic mass is 16.6. The van der Waals surface area contributed by atoms with Gasteiger partial charge in [0.1, 0.15) is 11.4 Å². The molecule has 0 aliphatic carbocycles. The zero-order valence-electron chi connectivity index (χ0n) is 12.0. The molecule has 106 valence electrons. The van der Waals surface area contributed by atoms with Crippen LogP contribution in [0.3, 0.4) is 0 Å². The Labute approximate surface area is 117 Å². The molecule has 1 aliphatic rings. The number of hydrogen-bond acceptors (Lipinski definition) is 4. The maximum Gasteiger partial charge on any atom is 0.410 e. The molecule has 0 N–H and O–H groups in total. The Morgan fingerprint density at radius 1 is 1.45 bits per heavy atom. The summed E-state index contributed by atoms with van der Waals surface area (Å²) in [6, 6.07) is 3.85. The van der Waals surface area contributed by atoms with E-state index in [0.717, 1.165) is 16.7 Å². The first kappa shape index (κ1) is 13.0. The van der Waals surface area contributed by atoms with E-state index in [9.17, 15) is 4.79 Å². The fraction of sp³-hybridized carbons (Fsp3) is 0.467. The summed E-state index contributed by atoms with van der Waals surface area (Å²) in [5.41, 5.74) is 1.21. The second-order valence-electron chi connectivity index (χ2n) is 6.01. The number of carbonyl (C=O) groups is 1. The van der Waals surface area contributed by atoms with Crippen molar-refractivity contribution < 1.29 is 13.9 Å². The number of carbonyl (C=O) groups excluding carboxylic acids is 1. The van der Waals surface area contributed by atoms with Crippen molar-refractivity contribution in [3.8, 4) is 0 Å². The van der Waals surface area contributed by atoms with E-state index in [1.54, 1.807) is 11.1 Å². The highest BCUT2D eigenvalue weighted by Crippen LogP contribution is 2.29. The van der Waals surface area contributed by atoms with E-state index in [1.807, 2.05) is 32.9 Å². The first-order valence-electron chi connectivity index (χ1n) is 6.77.